The number of carbonyl (C=O) groups is 1. The van der Waals surface area contributed by atoms with Crippen molar-refractivity contribution < 1.29 is 9.21 Å². The number of aromatic nitrogens is 1. The minimum absolute atomic E-state index is 0.0233. The Morgan fingerprint density at radius 2 is 1.87 bits per heavy atom. The molecule has 0 saturated carbocycles. The van der Waals surface area contributed by atoms with Crippen molar-refractivity contribution in [3.63, 3.8) is 0 Å². The second kappa shape index (κ2) is 5.88. The standard InChI is InChI=1S/C19H20N2O2/c1-19(2,3)18(22)20-14-9-10-16-15(12-14)21-17(23-16)11-13-7-5-4-6-8-13/h4-10,12H,11H2,1-3H3,(H,20,22). The van der Waals surface area contributed by atoms with E-state index in [0.717, 1.165) is 22.4 Å². The van der Waals surface area contributed by atoms with Gasteiger partial charge in [0.05, 0.1) is 0 Å². The number of hydrogen-bond donors (Lipinski definition) is 1. The van der Waals surface area contributed by atoms with Crippen LogP contribution in [0.25, 0.3) is 11.1 Å². The number of amides is 1. The fraction of sp³-hybridized carbons (Fsp3) is 0.263. The minimum atomic E-state index is -0.433. The third-order valence-corrected chi connectivity index (χ3v) is 3.57. The second-order valence-corrected chi connectivity index (χ2v) is 6.66. The Morgan fingerprint density at radius 1 is 1.13 bits per heavy atom. The summed E-state index contributed by atoms with van der Waals surface area (Å²) in [6, 6.07) is 15.6. The molecule has 4 nitrogen and oxygen atoms in total. The zero-order valence-electron chi connectivity index (χ0n) is 13.6. The first-order chi connectivity index (χ1) is 10.9. The van der Waals surface area contributed by atoms with Crippen molar-refractivity contribution in [3.05, 3.63) is 60.0 Å². The van der Waals surface area contributed by atoms with Crippen LogP contribution in [0.3, 0.4) is 0 Å². The molecule has 0 unspecified atom stereocenters. The van der Waals surface area contributed by atoms with E-state index in [4.69, 9.17) is 4.42 Å². The molecule has 0 radical (unpaired) electrons. The molecule has 0 bridgehead atoms. The summed E-state index contributed by atoms with van der Waals surface area (Å²) in [5, 5.41) is 2.91. The highest BCUT2D eigenvalue weighted by molar-refractivity contribution is 5.95. The summed E-state index contributed by atoms with van der Waals surface area (Å²) in [4.78, 5) is 16.6. The van der Waals surface area contributed by atoms with Gasteiger partial charge in [-0.2, -0.15) is 0 Å². The first kappa shape index (κ1) is 15.3. The Balaban J connectivity index is 1.82. The van der Waals surface area contributed by atoms with Gasteiger partial charge in [0.15, 0.2) is 11.5 Å². The first-order valence-corrected chi connectivity index (χ1v) is 7.67. The molecule has 0 saturated heterocycles. The quantitative estimate of drug-likeness (QED) is 0.780. The molecule has 0 fully saturated rings. The molecular weight excluding hydrogens is 288 g/mol. The number of benzene rings is 2. The van der Waals surface area contributed by atoms with E-state index in [9.17, 15) is 4.79 Å². The summed E-state index contributed by atoms with van der Waals surface area (Å²) < 4.78 is 5.78. The highest BCUT2D eigenvalue weighted by atomic mass is 16.3. The van der Waals surface area contributed by atoms with Gasteiger partial charge in [-0.3, -0.25) is 4.79 Å². The minimum Gasteiger partial charge on any atom is -0.440 e. The third-order valence-electron chi connectivity index (χ3n) is 3.57. The summed E-state index contributed by atoms with van der Waals surface area (Å²) in [6.45, 7) is 5.65. The largest absolute Gasteiger partial charge is 0.440 e. The van der Waals surface area contributed by atoms with Crippen LogP contribution in [0.4, 0.5) is 5.69 Å². The highest BCUT2D eigenvalue weighted by Gasteiger charge is 2.21. The monoisotopic (exact) mass is 308 g/mol. The van der Waals surface area contributed by atoms with E-state index < -0.39 is 5.41 Å². The van der Waals surface area contributed by atoms with E-state index in [1.807, 2.05) is 69.3 Å². The Morgan fingerprint density at radius 3 is 2.57 bits per heavy atom. The van der Waals surface area contributed by atoms with Crippen molar-refractivity contribution in [2.75, 3.05) is 5.32 Å². The number of carbonyl (C=O) groups excluding carboxylic acids is 1. The maximum atomic E-state index is 12.1. The molecule has 0 aliphatic rings. The number of nitrogens with one attached hydrogen (secondary N) is 1. The number of oxazole rings is 1. The van der Waals surface area contributed by atoms with Crippen LogP contribution in [0.5, 0.6) is 0 Å². The van der Waals surface area contributed by atoms with Gasteiger partial charge in [0.1, 0.15) is 5.52 Å². The Bertz CT molecular complexity index is 829. The predicted octanol–water partition coefficient (Wildman–Crippen LogP) is 4.40. The molecular formula is C19H20N2O2. The van der Waals surface area contributed by atoms with Gasteiger partial charge in [-0.1, -0.05) is 51.1 Å². The normalized spacial score (nSPS) is 11.6. The summed E-state index contributed by atoms with van der Waals surface area (Å²) in [7, 11) is 0. The number of rotatable bonds is 3. The van der Waals surface area contributed by atoms with Crippen LogP contribution in [0.1, 0.15) is 32.2 Å². The van der Waals surface area contributed by atoms with Crippen LogP contribution in [0.2, 0.25) is 0 Å². The van der Waals surface area contributed by atoms with E-state index >= 15 is 0 Å². The molecule has 0 spiro atoms. The van der Waals surface area contributed by atoms with Gasteiger partial charge in [-0.05, 0) is 23.8 Å². The molecule has 0 aliphatic carbocycles. The predicted molar refractivity (Wildman–Crippen MR) is 91.3 cm³/mol. The van der Waals surface area contributed by atoms with E-state index in [0.29, 0.717) is 12.3 Å². The van der Waals surface area contributed by atoms with Crippen LogP contribution in [0, 0.1) is 5.41 Å². The molecule has 3 rings (SSSR count). The van der Waals surface area contributed by atoms with Crippen LogP contribution in [0.15, 0.2) is 52.9 Å². The van der Waals surface area contributed by atoms with E-state index in [2.05, 4.69) is 10.3 Å². The molecule has 0 aliphatic heterocycles. The topological polar surface area (TPSA) is 55.1 Å². The molecule has 1 heterocycles. The zero-order chi connectivity index (χ0) is 16.4. The molecule has 3 aromatic rings. The van der Waals surface area contributed by atoms with Crippen LogP contribution in [-0.4, -0.2) is 10.9 Å². The lowest BCUT2D eigenvalue weighted by atomic mass is 9.95. The number of hydrogen-bond acceptors (Lipinski definition) is 3. The van der Waals surface area contributed by atoms with Crippen molar-refractivity contribution in [1.29, 1.82) is 0 Å². The fourth-order valence-electron chi connectivity index (χ4n) is 2.22. The molecule has 1 amide bonds. The SMILES string of the molecule is CC(C)(C)C(=O)Nc1ccc2oc(Cc3ccccc3)nc2c1. The Hall–Kier alpha value is -2.62. The summed E-state index contributed by atoms with van der Waals surface area (Å²) in [5.74, 6) is 0.648. The molecule has 1 aromatic heterocycles. The maximum absolute atomic E-state index is 12.1. The molecule has 4 heteroatoms. The Labute approximate surface area is 135 Å². The lowest BCUT2D eigenvalue weighted by Gasteiger charge is -2.17. The van der Waals surface area contributed by atoms with Crippen LogP contribution < -0.4 is 5.32 Å². The van der Waals surface area contributed by atoms with Crippen molar-refractivity contribution in [3.8, 4) is 0 Å². The van der Waals surface area contributed by atoms with Crippen molar-refractivity contribution in [1.82, 2.24) is 4.98 Å². The summed E-state index contributed by atoms with van der Waals surface area (Å²) in [6.07, 6.45) is 0.652. The van der Waals surface area contributed by atoms with Crippen molar-refractivity contribution in [2.45, 2.75) is 27.2 Å². The fourth-order valence-corrected chi connectivity index (χ4v) is 2.22. The van der Waals surface area contributed by atoms with Gasteiger partial charge in [-0.25, -0.2) is 4.98 Å². The first-order valence-electron chi connectivity index (χ1n) is 7.67. The van der Waals surface area contributed by atoms with Crippen LogP contribution in [-0.2, 0) is 11.2 Å². The summed E-state index contributed by atoms with van der Waals surface area (Å²) >= 11 is 0. The van der Waals surface area contributed by atoms with Gasteiger partial charge >= 0.3 is 0 Å². The molecule has 23 heavy (non-hydrogen) atoms. The molecule has 0 atom stereocenters. The smallest absolute Gasteiger partial charge is 0.229 e. The van der Waals surface area contributed by atoms with Gasteiger partial charge in [-0.15, -0.1) is 0 Å². The maximum Gasteiger partial charge on any atom is 0.229 e. The number of anilines is 1. The van der Waals surface area contributed by atoms with Gasteiger partial charge in [0.25, 0.3) is 0 Å². The number of fused-ring (bicyclic) bond motifs is 1. The van der Waals surface area contributed by atoms with E-state index in [-0.39, 0.29) is 5.91 Å². The lowest BCUT2D eigenvalue weighted by molar-refractivity contribution is -0.123. The van der Waals surface area contributed by atoms with Gasteiger partial charge in [0, 0.05) is 17.5 Å². The van der Waals surface area contributed by atoms with Crippen molar-refractivity contribution >= 4 is 22.7 Å². The molecule has 118 valence electrons. The number of nitrogens with zero attached hydrogens (tertiary/aromatic N) is 1. The molecule has 2 aromatic carbocycles. The van der Waals surface area contributed by atoms with Gasteiger partial charge < -0.3 is 9.73 Å². The Kier molecular flexibility index (Phi) is 3.90. The average molecular weight is 308 g/mol. The molecule has 1 N–H and O–H groups in total. The zero-order valence-corrected chi connectivity index (χ0v) is 13.6. The third kappa shape index (κ3) is 3.59. The van der Waals surface area contributed by atoms with Gasteiger partial charge in [0.2, 0.25) is 5.91 Å². The lowest BCUT2D eigenvalue weighted by Crippen LogP contribution is -2.27. The van der Waals surface area contributed by atoms with E-state index in [1.54, 1.807) is 0 Å². The average Bonchev–Trinajstić information content (AvgIpc) is 2.88. The van der Waals surface area contributed by atoms with E-state index in [1.165, 1.54) is 0 Å². The van der Waals surface area contributed by atoms with Crippen LogP contribution >= 0.6 is 0 Å². The highest BCUT2D eigenvalue weighted by Crippen LogP contribution is 2.23. The summed E-state index contributed by atoms with van der Waals surface area (Å²) in [5.41, 5.74) is 2.93. The second-order valence-electron chi connectivity index (χ2n) is 6.66. The van der Waals surface area contributed by atoms with Crippen molar-refractivity contribution in [2.24, 2.45) is 5.41 Å².